The van der Waals surface area contributed by atoms with Gasteiger partial charge in [0.2, 0.25) is 5.91 Å². The molecular formula is C5H12NO4P. The molecule has 11 heavy (non-hydrogen) atoms. The molecule has 0 saturated carbocycles. The third-order valence-electron chi connectivity index (χ3n) is 0.540. The van der Waals surface area contributed by atoms with Gasteiger partial charge in [-0.2, -0.15) is 0 Å². The summed E-state index contributed by atoms with van der Waals surface area (Å²) < 4.78 is 14.0. The van der Waals surface area contributed by atoms with Gasteiger partial charge < -0.3 is 15.2 Å². The van der Waals surface area contributed by atoms with Gasteiger partial charge in [-0.15, -0.1) is 0 Å². The molecule has 6 heteroatoms. The van der Waals surface area contributed by atoms with E-state index in [9.17, 15) is 9.36 Å². The largest absolute Gasteiger partial charge is 0.366 e. The number of carbonyl (C=O) groups excluding carboxylic acids is 1. The molecule has 0 rings (SSSR count). The van der Waals surface area contributed by atoms with E-state index in [1.54, 1.807) is 0 Å². The van der Waals surface area contributed by atoms with Crippen LogP contribution in [0.25, 0.3) is 0 Å². The van der Waals surface area contributed by atoms with Gasteiger partial charge in [0.05, 0.1) is 0 Å². The van der Waals surface area contributed by atoms with E-state index >= 15 is 0 Å². The Morgan fingerprint density at radius 2 is 2.00 bits per heavy atom. The first-order valence-corrected chi connectivity index (χ1v) is 4.64. The molecule has 5 nitrogen and oxygen atoms in total. The predicted molar refractivity (Wildman–Crippen MR) is 42.1 cm³/mol. The lowest BCUT2D eigenvalue weighted by atomic mass is 10.6. The molecule has 0 aromatic carbocycles. The molecule has 0 spiro atoms. The molecule has 3 N–H and O–H groups in total. The van der Waals surface area contributed by atoms with Crippen molar-refractivity contribution in [2.45, 2.75) is 0 Å². The number of primary amides is 1. The first kappa shape index (κ1) is 13.0. The average Bonchev–Trinajstić information content (AvgIpc) is 1.88. The lowest BCUT2D eigenvalue weighted by Crippen LogP contribution is -2.04. The van der Waals surface area contributed by atoms with Gasteiger partial charge in [0.15, 0.2) is 0 Å². The zero-order chi connectivity index (χ0) is 9.49. The number of rotatable bonds is 2. The summed E-state index contributed by atoms with van der Waals surface area (Å²) in [6.45, 7) is 4.22. The van der Waals surface area contributed by atoms with Crippen molar-refractivity contribution < 1.29 is 18.8 Å². The van der Waals surface area contributed by atoms with Crippen LogP contribution in [0, 0.1) is 0 Å². The van der Waals surface area contributed by atoms with Gasteiger partial charge in [-0.05, 0) is 6.08 Å². The smallest absolute Gasteiger partial charge is 0.324 e. The minimum Gasteiger partial charge on any atom is -0.366 e. The summed E-state index contributed by atoms with van der Waals surface area (Å²) in [6, 6.07) is 0. The highest BCUT2D eigenvalue weighted by atomic mass is 31.2. The molecule has 0 aromatic rings. The number of amides is 1. The monoisotopic (exact) mass is 181 g/mol. The summed E-state index contributed by atoms with van der Waals surface area (Å²) in [6.07, 6.45) is 1.06. The minimum atomic E-state index is -3.15. The number of hydrogen-bond acceptors (Lipinski definition) is 3. The Hall–Kier alpha value is -0.640. The Morgan fingerprint density at radius 1 is 1.82 bits per heavy atom. The summed E-state index contributed by atoms with van der Waals surface area (Å²) in [5.74, 6) is -0.481. The SMILES string of the molecule is C=CC(N)=O.COP(C)(=O)O. The maximum atomic E-state index is 9.92. The molecule has 0 radical (unpaired) electrons. The highest BCUT2D eigenvalue weighted by molar-refractivity contribution is 7.51. The van der Waals surface area contributed by atoms with Crippen molar-refractivity contribution in [3.63, 3.8) is 0 Å². The maximum absolute atomic E-state index is 9.92. The van der Waals surface area contributed by atoms with Gasteiger partial charge in [0.25, 0.3) is 0 Å². The topological polar surface area (TPSA) is 89.6 Å². The van der Waals surface area contributed by atoms with Gasteiger partial charge in [0, 0.05) is 13.8 Å². The van der Waals surface area contributed by atoms with Crippen molar-refractivity contribution >= 4 is 13.5 Å². The maximum Gasteiger partial charge on any atom is 0.324 e. The van der Waals surface area contributed by atoms with E-state index in [-0.39, 0.29) is 0 Å². The Morgan fingerprint density at radius 3 is 2.00 bits per heavy atom. The molecule has 0 aliphatic carbocycles. The molecule has 0 aliphatic rings. The summed E-state index contributed by atoms with van der Waals surface area (Å²) in [5, 5.41) is 0. The lowest BCUT2D eigenvalue weighted by molar-refractivity contribution is -0.113. The van der Waals surface area contributed by atoms with Crippen LogP contribution < -0.4 is 5.73 Å². The van der Waals surface area contributed by atoms with Crippen LogP contribution in [0.1, 0.15) is 0 Å². The van der Waals surface area contributed by atoms with Crippen molar-refractivity contribution in [3.8, 4) is 0 Å². The number of hydrogen-bond donors (Lipinski definition) is 2. The zero-order valence-electron chi connectivity index (χ0n) is 6.48. The summed E-state index contributed by atoms with van der Waals surface area (Å²) in [7, 11) is -1.95. The predicted octanol–water partition coefficient (Wildman–Crippen LogP) is 0.106. The molecule has 0 aromatic heterocycles. The van der Waals surface area contributed by atoms with Gasteiger partial charge >= 0.3 is 7.60 Å². The van der Waals surface area contributed by atoms with Crippen LogP contribution in [0.5, 0.6) is 0 Å². The van der Waals surface area contributed by atoms with Crippen LogP contribution >= 0.6 is 7.60 Å². The molecule has 1 amide bonds. The summed E-state index contributed by atoms with van der Waals surface area (Å²) in [5.41, 5.74) is 4.53. The van der Waals surface area contributed by atoms with Crippen molar-refractivity contribution in [3.05, 3.63) is 12.7 Å². The highest BCUT2D eigenvalue weighted by Gasteiger charge is 2.02. The first-order chi connectivity index (χ1) is 4.83. The van der Waals surface area contributed by atoms with Crippen molar-refractivity contribution in [2.75, 3.05) is 13.8 Å². The fourth-order valence-electron chi connectivity index (χ4n) is 0. The van der Waals surface area contributed by atoms with Gasteiger partial charge in [-0.25, -0.2) is 0 Å². The van der Waals surface area contributed by atoms with Crippen LogP contribution in [-0.4, -0.2) is 24.6 Å². The third-order valence-corrected chi connectivity index (χ3v) is 1.22. The van der Waals surface area contributed by atoms with E-state index < -0.39 is 13.5 Å². The summed E-state index contributed by atoms with van der Waals surface area (Å²) in [4.78, 5) is 17.6. The highest BCUT2D eigenvalue weighted by Crippen LogP contribution is 2.34. The second-order valence-electron chi connectivity index (χ2n) is 1.59. The average molecular weight is 181 g/mol. The van der Waals surface area contributed by atoms with E-state index in [2.05, 4.69) is 16.8 Å². The second kappa shape index (κ2) is 6.09. The fraction of sp³-hybridized carbons (Fsp3) is 0.400. The molecule has 1 atom stereocenters. The van der Waals surface area contributed by atoms with Crippen LogP contribution in [0.3, 0.4) is 0 Å². The van der Waals surface area contributed by atoms with Crippen LogP contribution in [0.4, 0.5) is 0 Å². The Kier molecular flexibility index (Phi) is 7.20. The van der Waals surface area contributed by atoms with Gasteiger partial charge in [0.1, 0.15) is 0 Å². The van der Waals surface area contributed by atoms with Crippen molar-refractivity contribution in [1.82, 2.24) is 0 Å². The van der Waals surface area contributed by atoms with E-state index in [4.69, 9.17) is 4.89 Å². The van der Waals surface area contributed by atoms with Crippen molar-refractivity contribution in [2.24, 2.45) is 5.73 Å². The number of carbonyl (C=O) groups is 1. The van der Waals surface area contributed by atoms with Crippen LogP contribution in [0.15, 0.2) is 12.7 Å². The van der Waals surface area contributed by atoms with E-state index in [1.807, 2.05) is 0 Å². The van der Waals surface area contributed by atoms with Crippen LogP contribution in [-0.2, 0) is 13.9 Å². The molecule has 1 unspecified atom stereocenters. The molecular weight excluding hydrogens is 169 g/mol. The zero-order valence-corrected chi connectivity index (χ0v) is 7.38. The van der Waals surface area contributed by atoms with Gasteiger partial charge in [-0.3, -0.25) is 9.36 Å². The molecule has 0 fully saturated rings. The molecule has 0 saturated heterocycles. The quantitative estimate of drug-likeness (QED) is 0.467. The van der Waals surface area contributed by atoms with Crippen LogP contribution in [0.2, 0.25) is 0 Å². The molecule has 0 bridgehead atoms. The fourth-order valence-corrected chi connectivity index (χ4v) is 0. The molecule has 66 valence electrons. The number of nitrogens with two attached hydrogens (primary N) is 1. The Labute approximate surface area is 65.4 Å². The van der Waals surface area contributed by atoms with E-state index in [0.717, 1.165) is 12.7 Å². The normalized spacial score (nSPS) is 13.7. The lowest BCUT2D eigenvalue weighted by Gasteiger charge is -1.96. The first-order valence-electron chi connectivity index (χ1n) is 2.61. The van der Waals surface area contributed by atoms with E-state index in [0.29, 0.717) is 0 Å². The minimum absolute atomic E-state index is 0.481. The van der Waals surface area contributed by atoms with E-state index in [1.165, 1.54) is 7.11 Å². The van der Waals surface area contributed by atoms with Crippen molar-refractivity contribution in [1.29, 1.82) is 0 Å². The standard InChI is InChI=1S/C3H5NO.C2H7O3P/c1-2-3(4)5;1-5-6(2,3)4/h2H,1H2,(H2,4,5);1-2H3,(H,3,4). The molecule has 0 heterocycles. The third kappa shape index (κ3) is 26.7. The second-order valence-corrected chi connectivity index (χ2v) is 3.56. The summed E-state index contributed by atoms with van der Waals surface area (Å²) >= 11 is 0. The van der Waals surface area contributed by atoms with Gasteiger partial charge in [-0.1, -0.05) is 6.58 Å². The Bertz CT molecular complexity index is 173. The molecule has 0 aliphatic heterocycles. The Balaban J connectivity index is 0.